The highest BCUT2D eigenvalue weighted by molar-refractivity contribution is 5.48. The van der Waals surface area contributed by atoms with Crippen molar-refractivity contribution in [3.05, 3.63) is 59.7 Å². The van der Waals surface area contributed by atoms with Crippen LogP contribution in [-0.2, 0) is 6.42 Å². The molecular formula is C15H18N2. The maximum Gasteiger partial charge on any atom is 0.0347 e. The molecule has 0 aliphatic carbocycles. The first-order chi connectivity index (χ1) is 8.25. The van der Waals surface area contributed by atoms with Crippen LogP contribution in [0, 0.1) is 6.92 Å². The highest BCUT2D eigenvalue weighted by Crippen LogP contribution is 2.13. The largest absolute Gasteiger partial charge is 0.399 e. The number of nitrogen functional groups attached to an aromatic ring is 1. The molecule has 2 aromatic rings. The van der Waals surface area contributed by atoms with Gasteiger partial charge in [0.15, 0.2) is 0 Å². The van der Waals surface area contributed by atoms with E-state index in [1.165, 1.54) is 16.8 Å². The Morgan fingerprint density at radius 2 is 1.88 bits per heavy atom. The van der Waals surface area contributed by atoms with Gasteiger partial charge in [0.2, 0.25) is 0 Å². The van der Waals surface area contributed by atoms with E-state index in [9.17, 15) is 0 Å². The smallest absolute Gasteiger partial charge is 0.0347 e. The number of hydrogen-bond donors (Lipinski definition) is 2. The minimum absolute atomic E-state index is 0.874. The van der Waals surface area contributed by atoms with Gasteiger partial charge in [0.05, 0.1) is 0 Å². The summed E-state index contributed by atoms with van der Waals surface area (Å²) in [6.45, 7) is 3.00. The quantitative estimate of drug-likeness (QED) is 0.785. The molecule has 3 N–H and O–H groups in total. The van der Waals surface area contributed by atoms with E-state index in [0.29, 0.717) is 0 Å². The SMILES string of the molecule is Cc1cccc(NCCc2ccccc2N)c1. The van der Waals surface area contributed by atoms with Gasteiger partial charge in [0.1, 0.15) is 0 Å². The molecule has 0 aliphatic heterocycles. The zero-order valence-electron chi connectivity index (χ0n) is 10.1. The first-order valence-electron chi connectivity index (χ1n) is 5.89. The molecule has 0 saturated heterocycles. The lowest BCUT2D eigenvalue weighted by Crippen LogP contribution is -2.06. The van der Waals surface area contributed by atoms with Crippen molar-refractivity contribution < 1.29 is 0 Å². The number of para-hydroxylation sites is 1. The summed E-state index contributed by atoms with van der Waals surface area (Å²) in [5.74, 6) is 0. The molecule has 88 valence electrons. The second kappa shape index (κ2) is 5.39. The Morgan fingerprint density at radius 3 is 2.65 bits per heavy atom. The lowest BCUT2D eigenvalue weighted by molar-refractivity contribution is 1.02. The molecule has 17 heavy (non-hydrogen) atoms. The van der Waals surface area contributed by atoms with Crippen molar-refractivity contribution in [1.29, 1.82) is 0 Å². The van der Waals surface area contributed by atoms with Gasteiger partial charge in [-0.2, -0.15) is 0 Å². The van der Waals surface area contributed by atoms with E-state index in [-0.39, 0.29) is 0 Å². The molecule has 0 unspecified atom stereocenters. The number of aryl methyl sites for hydroxylation is 1. The molecule has 0 aliphatic rings. The van der Waals surface area contributed by atoms with Gasteiger partial charge in [-0.15, -0.1) is 0 Å². The van der Waals surface area contributed by atoms with Gasteiger partial charge < -0.3 is 11.1 Å². The summed E-state index contributed by atoms with van der Waals surface area (Å²) in [7, 11) is 0. The van der Waals surface area contributed by atoms with E-state index in [0.717, 1.165) is 18.7 Å². The fraction of sp³-hybridized carbons (Fsp3) is 0.200. The van der Waals surface area contributed by atoms with Crippen LogP contribution in [-0.4, -0.2) is 6.54 Å². The molecule has 0 bridgehead atoms. The molecule has 0 aromatic heterocycles. The second-order valence-corrected chi connectivity index (χ2v) is 4.25. The van der Waals surface area contributed by atoms with Crippen molar-refractivity contribution in [2.24, 2.45) is 0 Å². The van der Waals surface area contributed by atoms with Crippen LogP contribution in [0.3, 0.4) is 0 Å². The summed E-state index contributed by atoms with van der Waals surface area (Å²) in [5, 5.41) is 3.41. The molecule has 2 heteroatoms. The van der Waals surface area contributed by atoms with Crippen molar-refractivity contribution >= 4 is 11.4 Å². The van der Waals surface area contributed by atoms with Gasteiger partial charge in [-0.1, -0.05) is 30.3 Å². The summed E-state index contributed by atoms with van der Waals surface area (Å²) in [4.78, 5) is 0. The van der Waals surface area contributed by atoms with Crippen molar-refractivity contribution in [1.82, 2.24) is 0 Å². The van der Waals surface area contributed by atoms with Crippen LogP contribution in [0.2, 0.25) is 0 Å². The van der Waals surface area contributed by atoms with Crippen molar-refractivity contribution in [2.45, 2.75) is 13.3 Å². The van der Waals surface area contributed by atoms with Gasteiger partial charge in [-0.25, -0.2) is 0 Å². The van der Waals surface area contributed by atoms with Crippen LogP contribution in [0.25, 0.3) is 0 Å². The standard InChI is InChI=1S/C15H18N2/c1-12-5-4-7-14(11-12)17-10-9-13-6-2-3-8-15(13)16/h2-8,11,17H,9-10,16H2,1H3. The fourth-order valence-electron chi connectivity index (χ4n) is 1.86. The van der Waals surface area contributed by atoms with Crippen molar-refractivity contribution in [2.75, 3.05) is 17.6 Å². The highest BCUT2D eigenvalue weighted by atomic mass is 14.9. The molecular weight excluding hydrogens is 208 g/mol. The molecule has 0 atom stereocenters. The zero-order chi connectivity index (χ0) is 12.1. The lowest BCUT2D eigenvalue weighted by atomic mass is 10.1. The number of benzene rings is 2. The molecule has 0 saturated carbocycles. The average Bonchev–Trinajstić information content (AvgIpc) is 2.32. The first kappa shape index (κ1) is 11.5. The molecule has 2 rings (SSSR count). The zero-order valence-corrected chi connectivity index (χ0v) is 10.1. The molecule has 0 fully saturated rings. The molecule has 2 aromatic carbocycles. The molecule has 0 spiro atoms. The van der Waals surface area contributed by atoms with Crippen molar-refractivity contribution in [3.8, 4) is 0 Å². The number of nitrogens with two attached hydrogens (primary N) is 1. The average molecular weight is 226 g/mol. The summed E-state index contributed by atoms with van der Waals surface area (Å²) in [6.07, 6.45) is 0.945. The Morgan fingerprint density at radius 1 is 1.06 bits per heavy atom. The van der Waals surface area contributed by atoms with E-state index in [1.54, 1.807) is 0 Å². The summed E-state index contributed by atoms with van der Waals surface area (Å²) in [5.41, 5.74) is 10.4. The van der Waals surface area contributed by atoms with E-state index < -0.39 is 0 Å². The van der Waals surface area contributed by atoms with Crippen LogP contribution < -0.4 is 11.1 Å². The lowest BCUT2D eigenvalue weighted by Gasteiger charge is -2.08. The second-order valence-electron chi connectivity index (χ2n) is 4.25. The normalized spacial score (nSPS) is 10.2. The Labute approximate surface area is 102 Å². The number of hydrogen-bond acceptors (Lipinski definition) is 2. The number of nitrogens with one attached hydrogen (secondary N) is 1. The highest BCUT2D eigenvalue weighted by Gasteiger charge is 1.97. The third-order valence-electron chi connectivity index (χ3n) is 2.80. The third-order valence-corrected chi connectivity index (χ3v) is 2.80. The summed E-state index contributed by atoms with van der Waals surface area (Å²) in [6, 6.07) is 16.4. The van der Waals surface area contributed by atoms with E-state index >= 15 is 0 Å². The Hall–Kier alpha value is -1.96. The van der Waals surface area contributed by atoms with Crippen LogP contribution in [0.1, 0.15) is 11.1 Å². The summed E-state index contributed by atoms with van der Waals surface area (Å²) < 4.78 is 0. The molecule has 0 radical (unpaired) electrons. The van der Waals surface area contributed by atoms with Gasteiger partial charge >= 0.3 is 0 Å². The Balaban J connectivity index is 1.90. The van der Waals surface area contributed by atoms with Gasteiger partial charge in [-0.05, 0) is 42.7 Å². The minimum Gasteiger partial charge on any atom is -0.399 e. The molecule has 2 nitrogen and oxygen atoms in total. The predicted octanol–water partition coefficient (Wildman–Crippen LogP) is 3.23. The van der Waals surface area contributed by atoms with Gasteiger partial charge in [0.25, 0.3) is 0 Å². The maximum absolute atomic E-state index is 5.90. The van der Waals surface area contributed by atoms with Crippen molar-refractivity contribution in [3.63, 3.8) is 0 Å². The molecule has 0 heterocycles. The summed E-state index contributed by atoms with van der Waals surface area (Å²) >= 11 is 0. The van der Waals surface area contributed by atoms with E-state index in [4.69, 9.17) is 5.73 Å². The molecule has 0 amide bonds. The van der Waals surface area contributed by atoms with Crippen LogP contribution >= 0.6 is 0 Å². The maximum atomic E-state index is 5.90. The topological polar surface area (TPSA) is 38.0 Å². The van der Waals surface area contributed by atoms with Crippen LogP contribution in [0.4, 0.5) is 11.4 Å². The third kappa shape index (κ3) is 3.25. The fourth-order valence-corrected chi connectivity index (χ4v) is 1.86. The first-order valence-corrected chi connectivity index (χ1v) is 5.89. The van der Waals surface area contributed by atoms with E-state index in [2.05, 4.69) is 42.6 Å². The number of rotatable bonds is 4. The predicted molar refractivity (Wildman–Crippen MR) is 74.2 cm³/mol. The van der Waals surface area contributed by atoms with Gasteiger partial charge in [-0.3, -0.25) is 0 Å². The Bertz CT molecular complexity index is 492. The van der Waals surface area contributed by atoms with Crippen LogP contribution in [0.5, 0.6) is 0 Å². The number of anilines is 2. The van der Waals surface area contributed by atoms with E-state index in [1.807, 2.05) is 18.2 Å². The van der Waals surface area contributed by atoms with Crippen LogP contribution in [0.15, 0.2) is 48.5 Å². The minimum atomic E-state index is 0.874. The Kier molecular flexibility index (Phi) is 3.66. The van der Waals surface area contributed by atoms with Gasteiger partial charge in [0, 0.05) is 17.9 Å². The monoisotopic (exact) mass is 226 g/mol.